The van der Waals surface area contributed by atoms with Crippen molar-refractivity contribution >= 4 is 35.2 Å². The van der Waals surface area contributed by atoms with Crippen LogP contribution in [0.4, 0.5) is 0 Å². The number of phenolic OH excluding ortho intramolecular Hbond substituents is 1. The molecule has 2 aliphatic carbocycles. The van der Waals surface area contributed by atoms with E-state index in [4.69, 9.17) is 11.6 Å². The van der Waals surface area contributed by atoms with Crippen LogP contribution in [0.3, 0.4) is 0 Å². The minimum atomic E-state index is -0.603. The Morgan fingerprint density at radius 3 is 2.20 bits per heavy atom. The highest BCUT2D eigenvalue weighted by atomic mass is 35.5. The van der Waals surface area contributed by atoms with Crippen molar-refractivity contribution in [2.45, 2.75) is 18.8 Å². The van der Waals surface area contributed by atoms with Gasteiger partial charge in [0.15, 0.2) is 0 Å². The minimum absolute atomic E-state index is 0.00878. The van der Waals surface area contributed by atoms with Gasteiger partial charge in [-0.2, -0.15) is 0 Å². The molecule has 1 aromatic rings. The summed E-state index contributed by atoms with van der Waals surface area (Å²) in [5, 5.41) is 10.1. The highest BCUT2D eigenvalue weighted by Crippen LogP contribution is 2.58. The van der Waals surface area contributed by atoms with Crippen molar-refractivity contribution in [2.75, 3.05) is 14.1 Å². The van der Waals surface area contributed by atoms with Crippen LogP contribution in [0.1, 0.15) is 24.3 Å². The van der Waals surface area contributed by atoms with Gasteiger partial charge in [-0.15, -0.1) is 0 Å². The maximum atomic E-state index is 13.0. The van der Waals surface area contributed by atoms with Gasteiger partial charge in [-0.1, -0.05) is 29.3 Å². The normalized spacial score (nSPS) is 35.4. The Balaban J connectivity index is 1.68. The summed E-state index contributed by atoms with van der Waals surface area (Å²) in [6.45, 7) is 0. The first kappa shape index (κ1) is 19.3. The molecule has 0 spiro atoms. The Labute approximate surface area is 178 Å². The van der Waals surface area contributed by atoms with E-state index < -0.39 is 29.6 Å². The predicted octanol–water partition coefficient (Wildman–Crippen LogP) is 1.94. The first-order valence-electron chi connectivity index (χ1n) is 10.0. The van der Waals surface area contributed by atoms with Gasteiger partial charge in [0.05, 0.1) is 23.7 Å². The number of benzene rings is 1. The molecule has 8 heteroatoms. The molecule has 4 aliphatic rings. The topological polar surface area (TPSA) is 95.0 Å². The number of rotatable bonds is 1. The van der Waals surface area contributed by atoms with Gasteiger partial charge in [-0.3, -0.25) is 29.0 Å². The van der Waals surface area contributed by atoms with E-state index in [1.54, 1.807) is 6.07 Å². The number of fused-ring (bicyclic) bond motifs is 4. The Hall–Kier alpha value is -2.67. The number of hydrogen-bond acceptors (Lipinski definition) is 5. The van der Waals surface area contributed by atoms with Gasteiger partial charge >= 0.3 is 0 Å². The Kier molecular flexibility index (Phi) is 4.13. The summed E-state index contributed by atoms with van der Waals surface area (Å²) >= 11 is 6.46. The number of allylic oxidation sites excluding steroid dienone is 2. The van der Waals surface area contributed by atoms with Crippen LogP contribution >= 0.6 is 11.6 Å². The summed E-state index contributed by atoms with van der Waals surface area (Å²) in [4.78, 5) is 53.8. The number of imide groups is 2. The smallest absolute Gasteiger partial charge is 0.233 e. The van der Waals surface area contributed by atoms with Gasteiger partial charge in [-0.25, -0.2) is 0 Å². The second kappa shape index (κ2) is 6.41. The highest BCUT2D eigenvalue weighted by Gasteiger charge is 2.61. The second-order valence-electron chi connectivity index (χ2n) is 8.70. The van der Waals surface area contributed by atoms with E-state index in [0.717, 1.165) is 5.57 Å². The summed E-state index contributed by atoms with van der Waals surface area (Å²) < 4.78 is 0. The van der Waals surface area contributed by atoms with E-state index in [9.17, 15) is 24.3 Å². The number of amides is 4. The monoisotopic (exact) mass is 428 g/mol. The molecule has 7 nitrogen and oxygen atoms in total. The van der Waals surface area contributed by atoms with Gasteiger partial charge in [0.25, 0.3) is 0 Å². The minimum Gasteiger partial charge on any atom is -0.508 e. The fraction of sp³-hybridized carbons (Fsp3) is 0.455. The fourth-order valence-electron chi connectivity index (χ4n) is 6.02. The predicted molar refractivity (Wildman–Crippen MR) is 106 cm³/mol. The van der Waals surface area contributed by atoms with Crippen LogP contribution in [0.15, 0.2) is 29.8 Å². The van der Waals surface area contributed by atoms with E-state index in [2.05, 4.69) is 0 Å². The molecule has 30 heavy (non-hydrogen) atoms. The number of halogens is 1. The van der Waals surface area contributed by atoms with Crippen LogP contribution in [-0.2, 0) is 19.2 Å². The third kappa shape index (κ3) is 2.38. The molecule has 0 aromatic heterocycles. The summed E-state index contributed by atoms with van der Waals surface area (Å²) in [7, 11) is 2.98. The number of carbonyl (C=O) groups excluding carboxylic acids is 4. The van der Waals surface area contributed by atoms with Crippen molar-refractivity contribution in [3.05, 3.63) is 40.4 Å². The van der Waals surface area contributed by atoms with Gasteiger partial charge in [0.2, 0.25) is 23.6 Å². The first-order valence-corrected chi connectivity index (χ1v) is 10.4. The molecule has 0 radical (unpaired) electrons. The molecule has 1 aromatic carbocycles. The van der Waals surface area contributed by atoms with Gasteiger partial charge in [-0.05, 0) is 36.5 Å². The maximum Gasteiger partial charge on any atom is 0.233 e. The molecule has 6 atom stereocenters. The molecule has 1 saturated carbocycles. The van der Waals surface area contributed by atoms with Crippen LogP contribution in [0.5, 0.6) is 5.75 Å². The zero-order valence-corrected chi connectivity index (χ0v) is 17.3. The molecule has 156 valence electrons. The summed E-state index contributed by atoms with van der Waals surface area (Å²) in [5.74, 6) is -3.79. The fourth-order valence-corrected chi connectivity index (χ4v) is 6.31. The molecular weight excluding hydrogens is 408 g/mol. The van der Waals surface area contributed by atoms with E-state index in [-0.39, 0.29) is 35.3 Å². The standard InChI is InChI=1S/C22H21ClN2O5/c1-24-19(27)12-6-5-10-13(17(12)21(24)29)8-14-18(22(30)25(2)20(14)28)16(10)11-4-3-9(26)7-15(11)23/h3-5,7,12-14,16-18,26H,6,8H2,1-2H3. The van der Waals surface area contributed by atoms with Crippen molar-refractivity contribution in [1.29, 1.82) is 0 Å². The average molecular weight is 429 g/mol. The van der Waals surface area contributed by atoms with Crippen molar-refractivity contribution in [3.8, 4) is 5.75 Å². The van der Waals surface area contributed by atoms with Gasteiger partial charge in [0.1, 0.15) is 5.75 Å². The van der Waals surface area contributed by atoms with Crippen LogP contribution in [-0.4, -0.2) is 52.6 Å². The Bertz CT molecular complexity index is 1050. The van der Waals surface area contributed by atoms with Crippen LogP contribution in [0, 0.1) is 29.6 Å². The number of aromatic hydroxyl groups is 1. The molecule has 5 rings (SSSR count). The molecule has 2 saturated heterocycles. The second-order valence-corrected chi connectivity index (χ2v) is 9.11. The van der Waals surface area contributed by atoms with Crippen LogP contribution in [0.2, 0.25) is 5.02 Å². The number of hydrogen-bond donors (Lipinski definition) is 1. The zero-order valence-electron chi connectivity index (χ0n) is 16.5. The van der Waals surface area contributed by atoms with Gasteiger partial charge in [0, 0.05) is 25.0 Å². The number of carbonyl (C=O) groups is 4. The lowest BCUT2D eigenvalue weighted by Gasteiger charge is -2.44. The number of phenols is 1. The molecule has 0 bridgehead atoms. The largest absolute Gasteiger partial charge is 0.508 e. The van der Waals surface area contributed by atoms with Gasteiger partial charge < -0.3 is 5.11 Å². The van der Waals surface area contributed by atoms with E-state index in [0.29, 0.717) is 23.4 Å². The van der Waals surface area contributed by atoms with Crippen LogP contribution < -0.4 is 0 Å². The Morgan fingerprint density at radius 2 is 1.53 bits per heavy atom. The first-order chi connectivity index (χ1) is 14.2. The maximum absolute atomic E-state index is 13.0. The SMILES string of the molecule is CN1C(=O)C2CC=C3C(CC4C(=O)N(C)C(=O)C4C3c3ccc(O)cc3Cl)C2C1=O. The molecule has 2 aliphatic heterocycles. The van der Waals surface area contributed by atoms with Crippen molar-refractivity contribution < 1.29 is 24.3 Å². The van der Waals surface area contributed by atoms with Crippen LogP contribution in [0.25, 0.3) is 0 Å². The number of likely N-dealkylation sites (tertiary alicyclic amines) is 2. The van der Waals surface area contributed by atoms with Crippen molar-refractivity contribution in [1.82, 2.24) is 9.80 Å². The summed E-state index contributed by atoms with van der Waals surface area (Å²) in [5.41, 5.74) is 1.55. The van der Waals surface area contributed by atoms with E-state index in [1.807, 2.05) is 6.08 Å². The zero-order chi connectivity index (χ0) is 21.5. The van der Waals surface area contributed by atoms with Crippen molar-refractivity contribution in [2.24, 2.45) is 29.6 Å². The molecular formula is C22H21ClN2O5. The average Bonchev–Trinajstić information content (AvgIpc) is 3.07. The summed E-state index contributed by atoms with van der Waals surface area (Å²) in [6.07, 6.45) is 2.76. The summed E-state index contributed by atoms with van der Waals surface area (Å²) in [6, 6.07) is 4.61. The lowest BCUT2D eigenvalue weighted by Crippen LogP contribution is -2.43. The lowest BCUT2D eigenvalue weighted by atomic mass is 9.57. The third-order valence-electron chi connectivity index (χ3n) is 7.41. The van der Waals surface area contributed by atoms with E-state index in [1.165, 1.54) is 36.0 Å². The highest BCUT2D eigenvalue weighted by molar-refractivity contribution is 6.31. The molecule has 4 amide bonds. The molecule has 6 unspecified atom stereocenters. The third-order valence-corrected chi connectivity index (χ3v) is 7.74. The molecule has 3 fully saturated rings. The Morgan fingerprint density at radius 1 is 0.900 bits per heavy atom. The quantitative estimate of drug-likeness (QED) is 0.545. The molecule has 1 N–H and O–H groups in total. The molecule has 2 heterocycles. The number of nitrogens with zero attached hydrogens (tertiary/aromatic N) is 2. The lowest BCUT2D eigenvalue weighted by molar-refractivity contribution is -0.140. The van der Waals surface area contributed by atoms with E-state index >= 15 is 0 Å². The van der Waals surface area contributed by atoms with Crippen molar-refractivity contribution in [3.63, 3.8) is 0 Å².